The molecule has 0 radical (unpaired) electrons. The first-order chi connectivity index (χ1) is 9.79. The highest BCUT2D eigenvalue weighted by molar-refractivity contribution is 5.94. The van der Waals surface area contributed by atoms with Crippen LogP contribution in [0.15, 0.2) is 35.5 Å². The van der Waals surface area contributed by atoms with Gasteiger partial charge in [-0.1, -0.05) is 17.7 Å². The van der Waals surface area contributed by atoms with E-state index in [1.165, 1.54) is 25.1 Å². The summed E-state index contributed by atoms with van der Waals surface area (Å²) in [5.74, 6) is -1.31. The minimum atomic E-state index is -4.89. The Morgan fingerprint density at radius 2 is 1.90 bits per heavy atom. The predicted molar refractivity (Wildman–Crippen MR) is 70.1 cm³/mol. The second kappa shape index (κ2) is 6.79. The van der Waals surface area contributed by atoms with Gasteiger partial charge in [0.2, 0.25) is 0 Å². The molecule has 0 spiro atoms. The van der Waals surface area contributed by atoms with Crippen molar-refractivity contribution in [1.29, 1.82) is 5.26 Å². The number of esters is 1. The van der Waals surface area contributed by atoms with Crippen molar-refractivity contribution >= 4 is 11.7 Å². The monoisotopic (exact) mass is 298 g/mol. The number of rotatable bonds is 4. The van der Waals surface area contributed by atoms with Crippen molar-refractivity contribution in [3.05, 3.63) is 41.1 Å². The van der Waals surface area contributed by atoms with Crippen LogP contribution in [0.5, 0.6) is 0 Å². The van der Waals surface area contributed by atoms with Gasteiger partial charge >= 0.3 is 12.1 Å². The molecule has 0 aliphatic rings. The number of alkyl halides is 3. The maximum absolute atomic E-state index is 13.0. The molecule has 1 aromatic rings. The number of hydrogen-bond donors (Lipinski definition) is 1. The molecule has 0 heterocycles. The zero-order valence-electron chi connectivity index (χ0n) is 11.4. The summed E-state index contributed by atoms with van der Waals surface area (Å²) in [7, 11) is 0. The topological polar surface area (TPSA) is 62.1 Å². The number of aryl methyl sites for hydroxylation is 1. The number of allylic oxidation sites excluding steroid dienone is 1. The number of ether oxygens (including phenoxy) is 1. The second-order valence-corrected chi connectivity index (χ2v) is 4.07. The van der Waals surface area contributed by atoms with Crippen molar-refractivity contribution in [3.8, 4) is 6.07 Å². The smallest absolute Gasteiger partial charge is 0.432 e. The Morgan fingerprint density at radius 3 is 2.33 bits per heavy atom. The van der Waals surface area contributed by atoms with Crippen LogP contribution < -0.4 is 5.32 Å². The summed E-state index contributed by atoms with van der Waals surface area (Å²) in [6.07, 6.45) is -4.89. The number of carbonyl (C=O) groups excluding carboxylic acids is 1. The molecule has 0 fully saturated rings. The lowest BCUT2D eigenvalue weighted by molar-refractivity contribution is -0.139. The molecular weight excluding hydrogens is 285 g/mol. The third kappa shape index (κ3) is 4.53. The molecule has 0 bridgehead atoms. The lowest BCUT2D eigenvalue weighted by Crippen LogP contribution is -2.24. The van der Waals surface area contributed by atoms with Gasteiger partial charge in [-0.25, -0.2) is 4.79 Å². The normalized spacial score (nSPS) is 12.2. The van der Waals surface area contributed by atoms with E-state index in [2.05, 4.69) is 10.1 Å². The lowest BCUT2D eigenvalue weighted by Gasteiger charge is -2.16. The average molecular weight is 298 g/mol. The molecule has 0 unspecified atom stereocenters. The van der Waals surface area contributed by atoms with Gasteiger partial charge in [0, 0.05) is 5.69 Å². The van der Waals surface area contributed by atoms with Gasteiger partial charge in [-0.2, -0.15) is 18.4 Å². The van der Waals surface area contributed by atoms with Gasteiger partial charge in [0.25, 0.3) is 0 Å². The molecule has 4 nitrogen and oxygen atoms in total. The minimum Gasteiger partial charge on any atom is -0.462 e. The maximum atomic E-state index is 13.0. The van der Waals surface area contributed by atoms with Gasteiger partial charge in [0.05, 0.1) is 6.61 Å². The van der Waals surface area contributed by atoms with Crippen molar-refractivity contribution in [3.63, 3.8) is 0 Å². The molecule has 1 rings (SSSR count). The highest BCUT2D eigenvalue weighted by Crippen LogP contribution is 2.30. The number of halogens is 3. The van der Waals surface area contributed by atoms with E-state index >= 15 is 0 Å². The minimum absolute atomic E-state index is 0.116. The molecule has 0 aliphatic carbocycles. The zero-order chi connectivity index (χ0) is 16.0. The third-order valence-electron chi connectivity index (χ3n) is 2.45. The quantitative estimate of drug-likeness (QED) is 0.526. The Bertz CT molecular complexity index is 584. The number of carbonyl (C=O) groups is 1. The van der Waals surface area contributed by atoms with Gasteiger partial charge in [0.1, 0.15) is 11.8 Å². The van der Waals surface area contributed by atoms with Crippen LogP contribution in [-0.2, 0) is 9.53 Å². The molecule has 7 heteroatoms. The van der Waals surface area contributed by atoms with E-state index in [0.717, 1.165) is 5.56 Å². The number of anilines is 1. The van der Waals surface area contributed by atoms with E-state index < -0.39 is 23.4 Å². The fraction of sp³-hybridized carbons (Fsp3) is 0.286. The van der Waals surface area contributed by atoms with Crippen LogP contribution in [0.25, 0.3) is 0 Å². The number of nitrogens with one attached hydrogen (secondary N) is 1. The largest absolute Gasteiger partial charge is 0.462 e. The highest BCUT2D eigenvalue weighted by Gasteiger charge is 2.39. The molecule has 0 amide bonds. The van der Waals surface area contributed by atoms with Crippen LogP contribution in [0.3, 0.4) is 0 Å². The Kier molecular flexibility index (Phi) is 5.36. The van der Waals surface area contributed by atoms with Crippen LogP contribution in [0.1, 0.15) is 12.5 Å². The fourth-order valence-electron chi connectivity index (χ4n) is 1.46. The predicted octanol–water partition coefficient (Wildman–Crippen LogP) is 3.31. The SMILES string of the molecule is CCOC(=O)C(C#N)=C(Nc1ccc(C)cc1)C(F)(F)F. The average Bonchev–Trinajstić information content (AvgIpc) is 2.40. The molecule has 0 saturated heterocycles. The van der Waals surface area contributed by atoms with Crippen LogP contribution >= 0.6 is 0 Å². The molecule has 21 heavy (non-hydrogen) atoms. The van der Waals surface area contributed by atoms with Crippen molar-refractivity contribution in [2.75, 3.05) is 11.9 Å². The second-order valence-electron chi connectivity index (χ2n) is 4.07. The summed E-state index contributed by atoms with van der Waals surface area (Å²) in [6.45, 7) is 3.09. The van der Waals surface area contributed by atoms with E-state index in [9.17, 15) is 18.0 Å². The van der Waals surface area contributed by atoms with Crippen LogP contribution in [0.2, 0.25) is 0 Å². The number of benzene rings is 1. The Labute approximate surface area is 119 Å². The van der Waals surface area contributed by atoms with Crippen LogP contribution in [0, 0.1) is 18.3 Å². The van der Waals surface area contributed by atoms with E-state index in [1.54, 1.807) is 19.1 Å². The number of nitrogens with zero attached hydrogens (tertiary/aromatic N) is 1. The number of nitriles is 1. The first-order valence-corrected chi connectivity index (χ1v) is 6.02. The molecule has 1 N–H and O–H groups in total. The van der Waals surface area contributed by atoms with Crippen molar-refractivity contribution in [1.82, 2.24) is 0 Å². The van der Waals surface area contributed by atoms with Crippen molar-refractivity contribution in [2.45, 2.75) is 20.0 Å². The molecule has 0 aliphatic heterocycles. The maximum Gasteiger partial charge on any atom is 0.432 e. The van der Waals surface area contributed by atoms with Crippen LogP contribution in [0.4, 0.5) is 18.9 Å². The molecular formula is C14H13F3N2O2. The van der Waals surface area contributed by atoms with Gasteiger partial charge in [0.15, 0.2) is 5.57 Å². The molecule has 0 saturated carbocycles. The number of hydrogen-bond acceptors (Lipinski definition) is 4. The first kappa shape index (κ1) is 16.6. The highest BCUT2D eigenvalue weighted by atomic mass is 19.4. The summed E-state index contributed by atoms with van der Waals surface area (Å²) >= 11 is 0. The van der Waals surface area contributed by atoms with Gasteiger partial charge in [-0.15, -0.1) is 0 Å². The first-order valence-electron chi connectivity index (χ1n) is 6.02. The summed E-state index contributed by atoms with van der Waals surface area (Å²) < 4.78 is 43.6. The Hall–Kier alpha value is -2.49. The van der Waals surface area contributed by atoms with E-state index in [0.29, 0.717) is 0 Å². The van der Waals surface area contributed by atoms with Gasteiger partial charge < -0.3 is 10.1 Å². The Morgan fingerprint density at radius 1 is 1.33 bits per heavy atom. The molecule has 1 aromatic carbocycles. The molecule has 0 aromatic heterocycles. The summed E-state index contributed by atoms with van der Waals surface area (Å²) in [5.41, 5.74) is -1.56. The van der Waals surface area contributed by atoms with Crippen molar-refractivity contribution < 1.29 is 22.7 Å². The zero-order valence-corrected chi connectivity index (χ0v) is 11.4. The summed E-state index contributed by atoms with van der Waals surface area (Å²) in [5, 5.41) is 10.9. The van der Waals surface area contributed by atoms with Crippen molar-refractivity contribution in [2.24, 2.45) is 0 Å². The van der Waals surface area contributed by atoms with E-state index in [4.69, 9.17) is 5.26 Å². The summed E-state index contributed by atoms with van der Waals surface area (Å²) in [4.78, 5) is 11.5. The fourth-order valence-corrected chi connectivity index (χ4v) is 1.46. The van der Waals surface area contributed by atoms with E-state index in [1.807, 2.05) is 0 Å². The van der Waals surface area contributed by atoms with Gasteiger partial charge in [-0.05, 0) is 26.0 Å². The third-order valence-corrected chi connectivity index (χ3v) is 2.45. The summed E-state index contributed by atoms with van der Waals surface area (Å²) in [6, 6.07) is 7.29. The molecule has 0 atom stereocenters. The van der Waals surface area contributed by atoms with Gasteiger partial charge in [-0.3, -0.25) is 0 Å². The van der Waals surface area contributed by atoms with E-state index in [-0.39, 0.29) is 12.3 Å². The lowest BCUT2D eigenvalue weighted by atomic mass is 10.2. The van der Waals surface area contributed by atoms with Crippen LogP contribution in [-0.4, -0.2) is 18.8 Å². The Balaban J connectivity index is 3.25. The molecule has 112 valence electrons. The standard InChI is InChI=1S/C14H13F3N2O2/c1-3-21-13(20)11(8-18)12(14(15,16)17)19-10-6-4-9(2)5-7-10/h4-7,19H,3H2,1-2H3.